The van der Waals surface area contributed by atoms with Crippen LogP contribution >= 0.6 is 0 Å². The Kier molecular flexibility index (Phi) is 3.68. The highest BCUT2D eigenvalue weighted by molar-refractivity contribution is 5.69. The van der Waals surface area contributed by atoms with Gasteiger partial charge in [0.2, 0.25) is 0 Å². The second kappa shape index (κ2) is 6.23. The Bertz CT molecular complexity index is 892. The van der Waals surface area contributed by atoms with Crippen LogP contribution in [0.4, 0.5) is 0 Å². The van der Waals surface area contributed by atoms with Crippen molar-refractivity contribution in [2.24, 2.45) is 0 Å². The van der Waals surface area contributed by atoms with Gasteiger partial charge in [-0.15, -0.1) is 0 Å². The molecule has 2 aliphatic carbocycles. The summed E-state index contributed by atoms with van der Waals surface area (Å²) < 4.78 is 12.2. The molecule has 2 aliphatic heterocycles. The van der Waals surface area contributed by atoms with Crippen LogP contribution in [0.25, 0.3) is 11.3 Å². The highest BCUT2D eigenvalue weighted by Gasteiger charge is 2.35. The maximum Gasteiger partial charge on any atom is 0.147 e. The third-order valence-corrected chi connectivity index (χ3v) is 6.51. The van der Waals surface area contributed by atoms with Gasteiger partial charge < -0.3 is 14.6 Å². The summed E-state index contributed by atoms with van der Waals surface area (Å²) in [6, 6.07) is 9.82. The lowest BCUT2D eigenvalue weighted by atomic mass is 9.97. The molecule has 2 aromatic rings. The molecule has 3 fully saturated rings. The molecule has 2 unspecified atom stereocenters. The number of benzene rings is 1. The molecule has 0 amide bonds. The molecule has 0 radical (unpaired) electrons. The quantitative estimate of drug-likeness (QED) is 0.784. The molecule has 140 valence electrons. The number of nitrogens with one attached hydrogen (secondary N) is 1. The van der Waals surface area contributed by atoms with Gasteiger partial charge in [0.1, 0.15) is 18.1 Å². The van der Waals surface area contributed by atoms with Gasteiger partial charge in [-0.1, -0.05) is 29.4 Å². The van der Waals surface area contributed by atoms with Gasteiger partial charge in [-0.3, -0.25) is 0 Å². The van der Waals surface area contributed by atoms with Crippen molar-refractivity contribution in [2.75, 3.05) is 0 Å². The Morgan fingerprint density at radius 1 is 1.04 bits per heavy atom. The van der Waals surface area contributed by atoms with Crippen LogP contribution < -0.4 is 5.32 Å². The molecule has 4 heteroatoms. The van der Waals surface area contributed by atoms with E-state index in [1.165, 1.54) is 55.2 Å². The summed E-state index contributed by atoms with van der Waals surface area (Å²) in [6.07, 6.45) is 10.8. The van der Waals surface area contributed by atoms with Gasteiger partial charge in [0.15, 0.2) is 0 Å². The number of aromatic nitrogens is 1. The molecular formula is C23H26N2O2. The highest BCUT2D eigenvalue weighted by Crippen LogP contribution is 2.48. The average Bonchev–Trinajstić information content (AvgIpc) is 3.62. The van der Waals surface area contributed by atoms with Gasteiger partial charge >= 0.3 is 0 Å². The number of hydrogen-bond acceptors (Lipinski definition) is 4. The molecule has 2 bridgehead atoms. The zero-order valence-electron chi connectivity index (χ0n) is 15.6. The van der Waals surface area contributed by atoms with Crippen LogP contribution in [0.1, 0.15) is 73.7 Å². The van der Waals surface area contributed by atoms with Crippen molar-refractivity contribution in [1.29, 1.82) is 0 Å². The molecule has 6 rings (SSSR count). The fourth-order valence-electron chi connectivity index (χ4n) is 4.75. The van der Waals surface area contributed by atoms with Crippen LogP contribution in [0, 0.1) is 0 Å². The lowest BCUT2D eigenvalue weighted by Crippen LogP contribution is -2.32. The molecule has 2 atom stereocenters. The van der Waals surface area contributed by atoms with E-state index < -0.39 is 0 Å². The van der Waals surface area contributed by atoms with E-state index in [0.29, 0.717) is 30.5 Å². The molecule has 1 aromatic carbocycles. The maximum atomic E-state index is 6.33. The largest absolute Gasteiger partial charge is 0.493 e. The Morgan fingerprint density at radius 2 is 1.89 bits per heavy atom. The van der Waals surface area contributed by atoms with E-state index in [4.69, 9.17) is 9.26 Å². The molecule has 1 N–H and O–H groups in total. The van der Waals surface area contributed by atoms with E-state index in [2.05, 4.69) is 40.8 Å². The Hall–Kier alpha value is -2.07. The Labute approximate surface area is 160 Å². The minimum Gasteiger partial charge on any atom is -0.493 e. The van der Waals surface area contributed by atoms with Crippen molar-refractivity contribution in [2.45, 2.75) is 75.5 Å². The van der Waals surface area contributed by atoms with E-state index in [0.717, 1.165) is 23.6 Å². The van der Waals surface area contributed by atoms with Crippen molar-refractivity contribution in [1.82, 2.24) is 10.5 Å². The van der Waals surface area contributed by atoms with Crippen molar-refractivity contribution in [3.63, 3.8) is 0 Å². The van der Waals surface area contributed by atoms with Crippen LogP contribution in [-0.4, -0.2) is 17.2 Å². The fraction of sp³-hybridized carbons (Fsp3) is 0.522. The van der Waals surface area contributed by atoms with Gasteiger partial charge in [-0.25, -0.2) is 0 Å². The lowest BCUT2D eigenvalue weighted by molar-refractivity contribution is 0.175. The van der Waals surface area contributed by atoms with Gasteiger partial charge in [0, 0.05) is 30.0 Å². The summed E-state index contributed by atoms with van der Waals surface area (Å²) in [5, 5.41) is 8.17. The molecule has 1 aromatic heterocycles. The number of ether oxygens (including phenoxy) is 1. The SMILES string of the molecule is C1=C(OCc2c(-c3ccccc3C3CC3)noc2C2CC2)CC2CCC1N2. The van der Waals surface area contributed by atoms with Gasteiger partial charge in [-0.2, -0.15) is 0 Å². The first kappa shape index (κ1) is 15.9. The van der Waals surface area contributed by atoms with Gasteiger partial charge in [0.25, 0.3) is 0 Å². The lowest BCUT2D eigenvalue weighted by Gasteiger charge is -2.21. The first-order valence-corrected chi connectivity index (χ1v) is 10.5. The van der Waals surface area contributed by atoms with E-state index in [-0.39, 0.29) is 0 Å². The van der Waals surface area contributed by atoms with E-state index >= 15 is 0 Å². The third-order valence-electron chi connectivity index (χ3n) is 6.51. The van der Waals surface area contributed by atoms with Crippen molar-refractivity contribution in [3.05, 3.63) is 53.0 Å². The summed E-state index contributed by atoms with van der Waals surface area (Å²) in [5.41, 5.74) is 4.86. The Balaban J connectivity index is 1.32. The average molecular weight is 362 g/mol. The van der Waals surface area contributed by atoms with Crippen molar-refractivity contribution in [3.8, 4) is 11.3 Å². The minimum atomic E-state index is 0.499. The first-order valence-electron chi connectivity index (χ1n) is 10.5. The number of fused-ring (bicyclic) bond motifs is 2. The molecule has 27 heavy (non-hydrogen) atoms. The molecular weight excluding hydrogens is 336 g/mol. The van der Waals surface area contributed by atoms with Gasteiger partial charge in [0.05, 0.1) is 11.3 Å². The first-order chi connectivity index (χ1) is 13.3. The van der Waals surface area contributed by atoms with Crippen molar-refractivity contribution < 1.29 is 9.26 Å². The molecule has 4 aliphatic rings. The summed E-state index contributed by atoms with van der Waals surface area (Å²) in [6.45, 7) is 0.578. The molecule has 0 spiro atoms. The second-order valence-electron chi connectivity index (χ2n) is 8.68. The maximum absolute atomic E-state index is 6.33. The van der Waals surface area contributed by atoms with E-state index in [9.17, 15) is 0 Å². The number of rotatable bonds is 6. The standard InChI is InChI=1S/C23H26N2O2/c1-2-4-20(19(3-1)14-5-6-14)22-21(23(27-25-22)15-7-8-15)13-26-18-11-16-9-10-17(12-18)24-16/h1-4,11,14-17,24H,5-10,12-13H2. The number of nitrogens with zero attached hydrogens (tertiary/aromatic N) is 1. The summed E-state index contributed by atoms with van der Waals surface area (Å²) in [4.78, 5) is 0. The van der Waals surface area contributed by atoms with E-state index in [1.807, 2.05) is 0 Å². The molecule has 3 heterocycles. The fourth-order valence-corrected chi connectivity index (χ4v) is 4.75. The summed E-state index contributed by atoms with van der Waals surface area (Å²) in [5.74, 6) is 3.44. The minimum absolute atomic E-state index is 0.499. The Morgan fingerprint density at radius 3 is 2.70 bits per heavy atom. The number of hydrogen-bond donors (Lipinski definition) is 1. The predicted molar refractivity (Wildman–Crippen MR) is 103 cm³/mol. The van der Waals surface area contributed by atoms with Crippen LogP contribution in [0.3, 0.4) is 0 Å². The smallest absolute Gasteiger partial charge is 0.147 e. The molecule has 2 saturated carbocycles. The topological polar surface area (TPSA) is 47.3 Å². The third kappa shape index (κ3) is 3.00. The van der Waals surface area contributed by atoms with Crippen LogP contribution in [0.15, 0.2) is 40.6 Å². The second-order valence-corrected chi connectivity index (χ2v) is 8.68. The molecule has 1 saturated heterocycles. The summed E-state index contributed by atoms with van der Waals surface area (Å²) in [7, 11) is 0. The highest BCUT2D eigenvalue weighted by atomic mass is 16.5. The zero-order chi connectivity index (χ0) is 17.8. The summed E-state index contributed by atoms with van der Waals surface area (Å²) >= 11 is 0. The van der Waals surface area contributed by atoms with Crippen LogP contribution in [0.5, 0.6) is 0 Å². The van der Waals surface area contributed by atoms with E-state index in [1.54, 1.807) is 0 Å². The van der Waals surface area contributed by atoms with Crippen molar-refractivity contribution >= 4 is 0 Å². The van der Waals surface area contributed by atoms with Crippen LogP contribution in [-0.2, 0) is 11.3 Å². The monoisotopic (exact) mass is 362 g/mol. The normalized spacial score (nSPS) is 26.9. The molecule has 4 nitrogen and oxygen atoms in total. The zero-order valence-corrected chi connectivity index (χ0v) is 15.6. The predicted octanol–water partition coefficient (Wildman–Crippen LogP) is 5.02. The van der Waals surface area contributed by atoms with Crippen LogP contribution in [0.2, 0.25) is 0 Å². The van der Waals surface area contributed by atoms with Gasteiger partial charge in [-0.05, 0) is 56.1 Å².